The predicted octanol–water partition coefficient (Wildman–Crippen LogP) is 5.49. The smallest absolute Gasteiger partial charge is 0.187 e. The van der Waals surface area contributed by atoms with Gasteiger partial charge < -0.3 is 0 Å². The number of carbonyl (C=O) groups excluding carboxylic acids is 2. The fourth-order valence-electron chi connectivity index (χ4n) is 6.07. The second-order valence-corrected chi connectivity index (χ2v) is 9.69. The number of hydrogen-bond acceptors (Lipinski definition) is 2. The van der Waals surface area contributed by atoms with Crippen molar-refractivity contribution >= 4 is 22.7 Å². The van der Waals surface area contributed by atoms with Gasteiger partial charge in [0.15, 0.2) is 11.6 Å². The molecule has 2 nitrogen and oxygen atoms in total. The number of hydrogen-bond donors (Lipinski definition) is 0. The molecule has 0 spiro atoms. The summed E-state index contributed by atoms with van der Waals surface area (Å²) in [5.41, 5.74) is 9.00. The van der Waals surface area contributed by atoms with E-state index < -0.39 is 0 Å². The Morgan fingerprint density at radius 2 is 1.07 bits per heavy atom. The van der Waals surface area contributed by atoms with E-state index in [1.165, 1.54) is 0 Å². The molecule has 0 saturated carbocycles. The molecule has 0 aromatic heterocycles. The first-order valence-electron chi connectivity index (χ1n) is 10.5. The molecule has 4 aliphatic rings. The van der Waals surface area contributed by atoms with Crippen molar-refractivity contribution in [3.8, 4) is 0 Å². The van der Waals surface area contributed by atoms with Gasteiger partial charge in [-0.3, -0.25) is 9.59 Å². The molecule has 0 unspecified atom stereocenters. The van der Waals surface area contributed by atoms with E-state index in [9.17, 15) is 9.59 Å². The highest BCUT2D eigenvalue weighted by Crippen LogP contribution is 2.59. The van der Waals surface area contributed by atoms with Crippen LogP contribution in [0, 0.1) is 0 Å². The van der Waals surface area contributed by atoms with Crippen LogP contribution < -0.4 is 0 Å². The number of carbonyl (C=O) groups is 2. The monoisotopic (exact) mass is 390 g/mol. The van der Waals surface area contributed by atoms with E-state index in [2.05, 4.69) is 45.9 Å². The largest absolute Gasteiger partial charge is 0.290 e. The van der Waals surface area contributed by atoms with Crippen molar-refractivity contribution in [2.75, 3.05) is 0 Å². The fourth-order valence-corrected chi connectivity index (χ4v) is 6.07. The highest BCUT2D eigenvalue weighted by molar-refractivity contribution is 6.34. The van der Waals surface area contributed by atoms with Crippen LogP contribution in [-0.2, 0) is 20.4 Å². The van der Waals surface area contributed by atoms with Gasteiger partial charge in [0.05, 0.1) is 0 Å². The minimum Gasteiger partial charge on any atom is -0.290 e. The molecule has 6 rings (SSSR count). The Morgan fingerprint density at radius 1 is 0.567 bits per heavy atom. The first-order chi connectivity index (χ1) is 14.2. The van der Waals surface area contributed by atoms with Crippen molar-refractivity contribution in [3.05, 3.63) is 105 Å². The minimum atomic E-state index is -0.377. The molecule has 2 heteroatoms. The molecule has 2 aromatic rings. The maximum absolute atomic E-state index is 13.5. The van der Waals surface area contributed by atoms with Crippen LogP contribution in [0.5, 0.6) is 0 Å². The minimum absolute atomic E-state index is 0.0403. The van der Waals surface area contributed by atoms with Crippen molar-refractivity contribution < 1.29 is 9.59 Å². The lowest BCUT2D eigenvalue weighted by molar-refractivity contribution is -0.112. The third-order valence-electron chi connectivity index (χ3n) is 7.36. The van der Waals surface area contributed by atoms with Crippen LogP contribution >= 0.6 is 0 Å². The van der Waals surface area contributed by atoms with E-state index in [1.54, 1.807) is 12.2 Å². The van der Waals surface area contributed by atoms with Crippen molar-refractivity contribution in [3.63, 3.8) is 0 Å². The molecular weight excluding hydrogens is 368 g/mol. The molecule has 0 fully saturated rings. The molecule has 2 aromatic carbocycles. The Morgan fingerprint density at radius 3 is 1.70 bits per heavy atom. The van der Waals surface area contributed by atoms with E-state index in [0.717, 1.165) is 55.7 Å². The predicted molar refractivity (Wildman–Crippen MR) is 119 cm³/mol. The standard InChI is InChI=1S/C28H22O2/c1-27(2)20-12-8-6-10-16(20)24-21(29)13-17-18(25(24)27)14-22(30)26-23(17)15-9-5-7-11-19(15)28(26,3)4/h5-14H,1-4H3. The lowest BCUT2D eigenvalue weighted by Crippen LogP contribution is -2.27. The second-order valence-electron chi connectivity index (χ2n) is 9.69. The van der Waals surface area contributed by atoms with Crippen LogP contribution in [0.1, 0.15) is 49.9 Å². The zero-order valence-electron chi connectivity index (χ0n) is 17.6. The Hall–Kier alpha value is -3.26. The molecule has 0 N–H and O–H groups in total. The van der Waals surface area contributed by atoms with Gasteiger partial charge in [0, 0.05) is 22.0 Å². The molecular formula is C28H22O2. The van der Waals surface area contributed by atoms with Crippen molar-refractivity contribution in [2.24, 2.45) is 0 Å². The second kappa shape index (κ2) is 5.26. The Balaban J connectivity index is 1.65. The lowest BCUT2D eigenvalue weighted by Gasteiger charge is -2.33. The quantitative estimate of drug-likeness (QED) is 0.596. The van der Waals surface area contributed by atoms with E-state index in [4.69, 9.17) is 0 Å². The summed E-state index contributed by atoms with van der Waals surface area (Å²) in [6, 6.07) is 16.4. The molecule has 0 aliphatic heterocycles. The molecule has 30 heavy (non-hydrogen) atoms. The Kier molecular flexibility index (Phi) is 3.08. The van der Waals surface area contributed by atoms with Crippen LogP contribution in [0.2, 0.25) is 0 Å². The highest BCUT2D eigenvalue weighted by atomic mass is 16.1. The van der Waals surface area contributed by atoms with Gasteiger partial charge in [-0.1, -0.05) is 76.2 Å². The summed E-state index contributed by atoms with van der Waals surface area (Å²) in [5.74, 6) is 0.102. The van der Waals surface area contributed by atoms with E-state index >= 15 is 0 Å². The first kappa shape index (κ1) is 17.6. The summed E-state index contributed by atoms with van der Waals surface area (Å²) in [4.78, 5) is 27.0. The number of allylic oxidation sites excluding steroid dienone is 8. The summed E-state index contributed by atoms with van der Waals surface area (Å²) < 4.78 is 0. The maximum atomic E-state index is 13.5. The summed E-state index contributed by atoms with van der Waals surface area (Å²) >= 11 is 0. The molecule has 0 heterocycles. The molecule has 146 valence electrons. The SMILES string of the molecule is CC1(C)C2=C(C3=CC(=O)C4=C(C3=CC2=O)C(C)(C)c2ccccc24)c2ccccc21. The van der Waals surface area contributed by atoms with Gasteiger partial charge >= 0.3 is 0 Å². The molecule has 0 atom stereocenters. The van der Waals surface area contributed by atoms with Gasteiger partial charge in [0.1, 0.15) is 0 Å². The lowest BCUT2D eigenvalue weighted by atomic mass is 9.69. The number of benzene rings is 2. The van der Waals surface area contributed by atoms with Crippen molar-refractivity contribution in [2.45, 2.75) is 38.5 Å². The molecule has 0 bridgehead atoms. The zero-order chi connectivity index (χ0) is 21.0. The van der Waals surface area contributed by atoms with Crippen LogP contribution in [0.3, 0.4) is 0 Å². The van der Waals surface area contributed by atoms with Crippen LogP contribution in [0.15, 0.2) is 83.0 Å². The van der Waals surface area contributed by atoms with Crippen molar-refractivity contribution in [1.82, 2.24) is 0 Å². The van der Waals surface area contributed by atoms with Crippen LogP contribution in [0.4, 0.5) is 0 Å². The number of fused-ring (bicyclic) bond motifs is 7. The molecule has 0 saturated heterocycles. The van der Waals surface area contributed by atoms with Gasteiger partial charge in [-0.15, -0.1) is 0 Å². The zero-order valence-corrected chi connectivity index (χ0v) is 17.6. The Bertz CT molecular complexity index is 1350. The average molecular weight is 390 g/mol. The van der Waals surface area contributed by atoms with E-state index in [-0.39, 0.29) is 22.4 Å². The third kappa shape index (κ3) is 1.85. The molecule has 0 amide bonds. The normalized spacial score (nSPS) is 22.1. The summed E-state index contributed by atoms with van der Waals surface area (Å²) in [5, 5.41) is 0. The van der Waals surface area contributed by atoms with Crippen molar-refractivity contribution in [1.29, 1.82) is 0 Å². The van der Waals surface area contributed by atoms with Gasteiger partial charge in [-0.25, -0.2) is 0 Å². The third-order valence-corrected chi connectivity index (χ3v) is 7.36. The topological polar surface area (TPSA) is 34.1 Å². The number of rotatable bonds is 0. The molecule has 0 radical (unpaired) electrons. The molecule has 4 aliphatic carbocycles. The fraction of sp³-hybridized carbons (Fsp3) is 0.214. The van der Waals surface area contributed by atoms with E-state index in [0.29, 0.717) is 0 Å². The van der Waals surface area contributed by atoms with Crippen LogP contribution in [0.25, 0.3) is 11.1 Å². The summed E-state index contributed by atoms with van der Waals surface area (Å²) in [7, 11) is 0. The van der Waals surface area contributed by atoms with Gasteiger partial charge in [-0.2, -0.15) is 0 Å². The summed E-state index contributed by atoms with van der Waals surface area (Å²) in [6.45, 7) is 8.53. The highest BCUT2D eigenvalue weighted by Gasteiger charge is 2.49. The van der Waals surface area contributed by atoms with E-state index in [1.807, 2.05) is 30.3 Å². The first-order valence-corrected chi connectivity index (χ1v) is 10.5. The van der Waals surface area contributed by atoms with Gasteiger partial charge in [-0.05, 0) is 56.7 Å². The van der Waals surface area contributed by atoms with Gasteiger partial charge in [0.25, 0.3) is 0 Å². The average Bonchev–Trinajstić information content (AvgIpc) is 3.10. The maximum Gasteiger partial charge on any atom is 0.187 e. The Labute approximate surface area is 176 Å². The van der Waals surface area contributed by atoms with Crippen LogP contribution in [-0.4, -0.2) is 11.6 Å². The summed E-state index contributed by atoms with van der Waals surface area (Å²) in [6.07, 6.45) is 3.55. The van der Waals surface area contributed by atoms with Gasteiger partial charge in [0.2, 0.25) is 0 Å². The number of ketones is 2.